The van der Waals surface area contributed by atoms with Gasteiger partial charge in [-0.3, -0.25) is 4.72 Å². The number of halogens is 1. The van der Waals surface area contributed by atoms with Crippen LogP contribution < -0.4 is 9.46 Å². The van der Waals surface area contributed by atoms with Gasteiger partial charge in [0.05, 0.1) is 15.5 Å². The number of carbonyl (C=O) groups excluding carboxylic acids is 1. The van der Waals surface area contributed by atoms with Crippen molar-refractivity contribution < 1.29 is 22.7 Å². The number of esters is 1. The van der Waals surface area contributed by atoms with Crippen LogP contribution >= 0.6 is 11.6 Å². The molecule has 0 saturated carbocycles. The predicted molar refractivity (Wildman–Crippen MR) is 111 cm³/mol. The van der Waals surface area contributed by atoms with Gasteiger partial charge in [-0.25, -0.2) is 13.2 Å². The first-order valence-electron chi connectivity index (χ1n) is 8.68. The van der Waals surface area contributed by atoms with Crippen LogP contribution in [0.5, 0.6) is 5.75 Å². The molecular formula is C21H18ClNO5S. The van der Waals surface area contributed by atoms with Crippen molar-refractivity contribution in [2.24, 2.45) is 0 Å². The standard InChI is InChI=1S/C21H18ClNO5S/c22-19-11-4-5-12-20(19)27-13-14-28-21(24)16-7-6-8-17(15-16)23-29(25,26)18-9-2-1-3-10-18/h1-12,15,23H,13-14H2. The number of anilines is 1. The van der Waals surface area contributed by atoms with E-state index in [1.165, 1.54) is 24.3 Å². The van der Waals surface area contributed by atoms with Crippen LogP contribution in [-0.4, -0.2) is 27.6 Å². The zero-order chi connectivity index (χ0) is 20.7. The SMILES string of the molecule is O=C(OCCOc1ccccc1Cl)c1cccc(NS(=O)(=O)c2ccccc2)c1. The molecule has 0 amide bonds. The van der Waals surface area contributed by atoms with Crippen LogP contribution in [0.2, 0.25) is 5.02 Å². The lowest BCUT2D eigenvalue weighted by Gasteiger charge is -2.10. The number of benzene rings is 3. The fraction of sp³-hybridized carbons (Fsp3) is 0.0952. The molecule has 0 heterocycles. The van der Waals surface area contributed by atoms with E-state index in [4.69, 9.17) is 21.1 Å². The Kier molecular flexibility index (Phi) is 6.74. The van der Waals surface area contributed by atoms with Crippen molar-refractivity contribution >= 4 is 33.3 Å². The molecule has 8 heteroatoms. The van der Waals surface area contributed by atoms with Gasteiger partial charge in [-0.15, -0.1) is 0 Å². The molecule has 3 rings (SSSR count). The highest BCUT2D eigenvalue weighted by Crippen LogP contribution is 2.23. The van der Waals surface area contributed by atoms with E-state index in [9.17, 15) is 13.2 Å². The number of rotatable bonds is 8. The van der Waals surface area contributed by atoms with Crippen molar-refractivity contribution in [2.45, 2.75) is 4.90 Å². The third-order valence-corrected chi connectivity index (χ3v) is 5.52. The maximum atomic E-state index is 12.4. The molecule has 0 unspecified atom stereocenters. The van der Waals surface area contributed by atoms with Crippen LogP contribution in [0.1, 0.15) is 10.4 Å². The lowest BCUT2D eigenvalue weighted by Crippen LogP contribution is -2.15. The van der Waals surface area contributed by atoms with Crippen molar-refractivity contribution in [1.82, 2.24) is 0 Å². The highest BCUT2D eigenvalue weighted by Gasteiger charge is 2.15. The normalized spacial score (nSPS) is 10.9. The van der Waals surface area contributed by atoms with Gasteiger partial charge in [-0.1, -0.05) is 48.0 Å². The second-order valence-corrected chi connectivity index (χ2v) is 8.00. The van der Waals surface area contributed by atoms with Gasteiger partial charge in [0.2, 0.25) is 0 Å². The number of hydrogen-bond acceptors (Lipinski definition) is 5. The van der Waals surface area contributed by atoms with Gasteiger partial charge in [-0.05, 0) is 42.5 Å². The fourth-order valence-corrected chi connectivity index (χ4v) is 3.72. The minimum atomic E-state index is -3.75. The summed E-state index contributed by atoms with van der Waals surface area (Å²) in [5, 5.41) is 0.470. The van der Waals surface area contributed by atoms with E-state index in [2.05, 4.69) is 4.72 Å². The van der Waals surface area contributed by atoms with Gasteiger partial charge in [0, 0.05) is 5.69 Å². The second kappa shape index (κ2) is 9.45. The average molecular weight is 432 g/mol. The first-order valence-corrected chi connectivity index (χ1v) is 10.5. The van der Waals surface area contributed by atoms with E-state index in [0.29, 0.717) is 10.8 Å². The summed E-state index contributed by atoms with van der Waals surface area (Å²) in [6.45, 7) is 0.153. The molecule has 0 bridgehead atoms. The predicted octanol–water partition coefficient (Wildman–Crippen LogP) is 4.38. The Morgan fingerprint density at radius 2 is 1.62 bits per heavy atom. The van der Waals surface area contributed by atoms with Gasteiger partial charge in [0.25, 0.3) is 10.0 Å². The third kappa shape index (κ3) is 5.73. The molecule has 0 radical (unpaired) electrons. The minimum Gasteiger partial charge on any atom is -0.488 e. The number of sulfonamides is 1. The Morgan fingerprint density at radius 1 is 0.897 bits per heavy atom. The highest BCUT2D eigenvalue weighted by atomic mass is 35.5. The molecule has 3 aromatic rings. The lowest BCUT2D eigenvalue weighted by molar-refractivity contribution is 0.0450. The van der Waals surface area contributed by atoms with Crippen molar-refractivity contribution in [3.8, 4) is 5.75 Å². The van der Waals surface area contributed by atoms with Crippen molar-refractivity contribution in [3.05, 3.63) is 89.4 Å². The van der Waals surface area contributed by atoms with Gasteiger partial charge >= 0.3 is 5.97 Å². The monoisotopic (exact) mass is 431 g/mol. The van der Waals surface area contributed by atoms with E-state index >= 15 is 0 Å². The van der Waals surface area contributed by atoms with Crippen LogP contribution in [0.25, 0.3) is 0 Å². The number of ether oxygens (including phenoxy) is 2. The van der Waals surface area contributed by atoms with Crippen LogP contribution in [0.15, 0.2) is 83.8 Å². The smallest absolute Gasteiger partial charge is 0.338 e. The van der Waals surface area contributed by atoms with Crippen molar-refractivity contribution in [2.75, 3.05) is 17.9 Å². The maximum Gasteiger partial charge on any atom is 0.338 e. The lowest BCUT2D eigenvalue weighted by atomic mass is 10.2. The third-order valence-electron chi connectivity index (χ3n) is 3.81. The van der Waals surface area contributed by atoms with E-state index < -0.39 is 16.0 Å². The minimum absolute atomic E-state index is 0.0179. The molecule has 3 aromatic carbocycles. The molecule has 1 N–H and O–H groups in total. The molecule has 150 valence electrons. The molecule has 0 aromatic heterocycles. The van der Waals surface area contributed by atoms with Gasteiger partial charge in [0.1, 0.15) is 19.0 Å². The maximum absolute atomic E-state index is 12.4. The van der Waals surface area contributed by atoms with Gasteiger partial charge in [-0.2, -0.15) is 0 Å². The summed E-state index contributed by atoms with van der Waals surface area (Å²) in [6, 6.07) is 21.0. The number of carbonyl (C=O) groups is 1. The Labute approximate surface area is 174 Å². The Morgan fingerprint density at radius 3 is 2.38 bits per heavy atom. The summed E-state index contributed by atoms with van der Waals surface area (Å²) in [7, 11) is -3.75. The van der Waals surface area contributed by atoms with Crippen LogP contribution in [0.4, 0.5) is 5.69 Å². The van der Waals surface area contributed by atoms with Crippen molar-refractivity contribution in [1.29, 1.82) is 0 Å². The fourth-order valence-electron chi connectivity index (χ4n) is 2.45. The molecule has 0 aliphatic rings. The summed E-state index contributed by atoms with van der Waals surface area (Å²) in [6.07, 6.45) is 0. The zero-order valence-electron chi connectivity index (χ0n) is 15.2. The number of hydrogen-bond donors (Lipinski definition) is 1. The first-order chi connectivity index (χ1) is 14.0. The van der Waals surface area contributed by atoms with E-state index in [1.54, 1.807) is 54.6 Å². The van der Waals surface area contributed by atoms with E-state index in [0.717, 1.165) is 0 Å². The van der Waals surface area contributed by atoms with Crippen LogP contribution in [-0.2, 0) is 14.8 Å². The van der Waals surface area contributed by atoms with E-state index in [1.807, 2.05) is 0 Å². The van der Waals surface area contributed by atoms with Crippen LogP contribution in [0.3, 0.4) is 0 Å². The molecule has 0 aliphatic carbocycles. The molecule has 0 saturated heterocycles. The summed E-state index contributed by atoms with van der Waals surface area (Å²) in [5.74, 6) is -0.0870. The molecule has 29 heavy (non-hydrogen) atoms. The first kappa shape index (κ1) is 20.7. The average Bonchev–Trinajstić information content (AvgIpc) is 2.73. The van der Waals surface area contributed by atoms with Gasteiger partial charge in [0.15, 0.2) is 0 Å². The highest BCUT2D eigenvalue weighted by molar-refractivity contribution is 7.92. The Hall–Kier alpha value is -3.03. The van der Waals surface area contributed by atoms with Crippen LogP contribution in [0, 0.1) is 0 Å². The second-order valence-electron chi connectivity index (χ2n) is 5.91. The molecular weight excluding hydrogens is 414 g/mol. The summed E-state index contributed by atoms with van der Waals surface area (Å²) < 4.78 is 37.9. The largest absolute Gasteiger partial charge is 0.488 e. The van der Waals surface area contributed by atoms with Gasteiger partial charge < -0.3 is 9.47 Å². The Bertz CT molecular complexity index is 1090. The zero-order valence-corrected chi connectivity index (χ0v) is 16.8. The van der Waals surface area contributed by atoms with E-state index in [-0.39, 0.29) is 29.4 Å². The summed E-state index contributed by atoms with van der Waals surface area (Å²) in [5.41, 5.74) is 0.478. The molecule has 0 atom stereocenters. The van der Waals surface area contributed by atoms with Crippen molar-refractivity contribution in [3.63, 3.8) is 0 Å². The molecule has 0 aliphatic heterocycles. The number of para-hydroxylation sites is 1. The Balaban J connectivity index is 1.57. The molecule has 6 nitrogen and oxygen atoms in total. The molecule has 0 fully saturated rings. The number of nitrogens with one attached hydrogen (secondary N) is 1. The summed E-state index contributed by atoms with van der Waals surface area (Å²) in [4.78, 5) is 12.4. The summed E-state index contributed by atoms with van der Waals surface area (Å²) >= 11 is 5.99. The quantitative estimate of drug-likeness (QED) is 0.423. The topological polar surface area (TPSA) is 81.7 Å². The molecule has 0 spiro atoms.